The highest BCUT2D eigenvalue weighted by Crippen LogP contribution is 2.41. The van der Waals surface area contributed by atoms with Gasteiger partial charge in [-0.15, -0.1) is 0 Å². The number of ether oxygens (including phenoxy) is 1. The van der Waals surface area contributed by atoms with Crippen LogP contribution in [-0.4, -0.2) is 82.2 Å². The van der Waals surface area contributed by atoms with E-state index in [2.05, 4.69) is 26.4 Å². The number of aromatic nitrogens is 3. The van der Waals surface area contributed by atoms with Gasteiger partial charge in [-0.2, -0.15) is 4.98 Å². The number of benzene rings is 2. The van der Waals surface area contributed by atoms with Crippen LogP contribution in [0.15, 0.2) is 42.6 Å². The third-order valence-electron chi connectivity index (χ3n) is 8.85. The van der Waals surface area contributed by atoms with Gasteiger partial charge in [0.25, 0.3) is 0 Å². The lowest BCUT2D eigenvalue weighted by atomic mass is 9.95. The normalized spacial score (nSPS) is 24.9. The zero-order valence-corrected chi connectivity index (χ0v) is 23.7. The van der Waals surface area contributed by atoms with Crippen LogP contribution >= 0.6 is 11.6 Å². The van der Waals surface area contributed by atoms with Gasteiger partial charge < -0.3 is 10.1 Å². The quantitative estimate of drug-likeness (QED) is 0.240. The number of hydrogen-bond acceptors (Lipinski definition) is 6. The van der Waals surface area contributed by atoms with Crippen molar-refractivity contribution < 1.29 is 18.1 Å². The van der Waals surface area contributed by atoms with Gasteiger partial charge >= 0.3 is 11.8 Å². The van der Waals surface area contributed by atoms with Crippen LogP contribution in [-0.2, 0) is 0 Å². The maximum Gasteiger partial charge on any atom is 0.434 e. The topological polar surface area (TPSA) is 66.2 Å². The van der Waals surface area contributed by atoms with Gasteiger partial charge in [0, 0.05) is 52.6 Å². The Morgan fingerprint density at radius 1 is 1.24 bits per heavy atom. The maximum absolute atomic E-state index is 16.5. The van der Waals surface area contributed by atoms with E-state index in [1.165, 1.54) is 0 Å². The first-order valence-corrected chi connectivity index (χ1v) is 14.6. The minimum atomic E-state index is -0.869. The summed E-state index contributed by atoms with van der Waals surface area (Å²) < 4.78 is 39.0. The van der Waals surface area contributed by atoms with E-state index in [1.54, 1.807) is 12.3 Å². The molecule has 0 saturated carbocycles. The first-order valence-electron chi connectivity index (χ1n) is 14.3. The summed E-state index contributed by atoms with van der Waals surface area (Å²) in [6.07, 6.45) is 6.17. The Labute approximate surface area is 242 Å². The highest BCUT2D eigenvalue weighted by Gasteiger charge is 2.49. The molecular formula is C31H32ClF2N6O+. The molecular weight excluding hydrogens is 546 g/mol. The first-order chi connectivity index (χ1) is 19.9. The Balaban J connectivity index is 1.35. The van der Waals surface area contributed by atoms with Crippen LogP contribution in [0.4, 0.5) is 14.6 Å². The van der Waals surface area contributed by atoms with Crippen LogP contribution in [0, 0.1) is 11.7 Å². The molecule has 3 atom stereocenters. The molecule has 1 unspecified atom stereocenters. The molecule has 3 aliphatic heterocycles. The van der Waals surface area contributed by atoms with E-state index < -0.39 is 12.0 Å². The molecule has 7 rings (SSSR count). The molecule has 4 aromatic rings. The number of alkyl halides is 1. The summed E-state index contributed by atoms with van der Waals surface area (Å²) >= 11 is 6.57. The van der Waals surface area contributed by atoms with Gasteiger partial charge in [0.1, 0.15) is 29.4 Å². The van der Waals surface area contributed by atoms with Crippen molar-refractivity contribution in [2.75, 3.05) is 39.8 Å². The molecule has 0 aliphatic carbocycles. The second-order valence-corrected chi connectivity index (χ2v) is 11.9. The minimum absolute atomic E-state index is 0.0767. The highest BCUT2D eigenvalue weighted by molar-refractivity contribution is 6.36. The van der Waals surface area contributed by atoms with Crippen LogP contribution < -0.4 is 10.1 Å². The smallest absolute Gasteiger partial charge is 0.434 e. The number of nitrogens with zero attached hydrogens (tertiary/aromatic N) is 5. The number of fused-ring (bicyclic) bond motifs is 3. The highest BCUT2D eigenvalue weighted by atomic mass is 35.5. The second-order valence-electron chi connectivity index (χ2n) is 11.5. The number of nitrogens with one attached hydrogen (secondary N) is 1. The molecule has 3 saturated heterocycles. The minimum Gasteiger partial charge on any atom is -0.443 e. The number of rotatable bonds is 6. The van der Waals surface area contributed by atoms with Gasteiger partial charge in [-0.25, -0.2) is 13.4 Å². The van der Waals surface area contributed by atoms with Crippen LogP contribution in [0.5, 0.6) is 6.01 Å². The van der Waals surface area contributed by atoms with Gasteiger partial charge in [-0.05, 0) is 43.8 Å². The fraction of sp³-hybridized carbons (Fsp3) is 0.419. The SMILES string of the molecule is C/[N+](=C\C1CCNC1)c1nc(OC[C@@]23CCCN2C[C@H](F)C3)nc2c(F)c(-c3cccc4cccc(Cl)c34)ncc12. The van der Waals surface area contributed by atoms with Crippen molar-refractivity contribution in [1.82, 2.24) is 25.2 Å². The number of pyridine rings is 1. The summed E-state index contributed by atoms with van der Waals surface area (Å²) in [5.41, 5.74) is 0.509. The van der Waals surface area contributed by atoms with E-state index in [4.69, 9.17) is 21.3 Å². The van der Waals surface area contributed by atoms with Gasteiger partial charge in [-0.1, -0.05) is 41.9 Å². The van der Waals surface area contributed by atoms with E-state index in [0.717, 1.165) is 49.7 Å². The van der Waals surface area contributed by atoms with Crippen molar-refractivity contribution in [3.8, 4) is 17.3 Å². The van der Waals surface area contributed by atoms with E-state index in [0.29, 0.717) is 40.7 Å². The lowest BCUT2D eigenvalue weighted by Gasteiger charge is -2.30. The van der Waals surface area contributed by atoms with Crippen molar-refractivity contribution in [2.45, 2.75) is 37.4 Å². The van der Waals surface area contributed by atoms with E-state index >= 15 is 4.39 Å². The Morgan fingerprint density at radius 2 is 2.10 bits per heavy atom. The average molecular weight is 578 g/mol. The summed E-state index contributed by atoms with van der Waals surface area (Å²) in [4.78, 5) is 16.1. The molecule has 2 aromatic carbocycles. The molecule has 0 amide bonds. The fourth-order valence-electron chi connectivity index (χ4n) is 6.87. The van der Waals surface area contributed by atoms with Crippen LogP contribution in [0.2, 0.25) is 5.02 Å². The number of hydrogen-bond donors (Lipinski definition) is 1. The molecule has 3 fully saturated rings. The van der Waals surface area contributed by atoms with Gasteiger partial charge in [0.05, 0.1) is 18.8 Å². The van der Waals surface area contributed by atoms with Crippen LogP contribution in [0.3, 0.4) is 0 Å². The zero-order chi connectivity index (χ0) is 28.1. The summed E-state index contributed by atoms with van der Waals surface area (Å²) in [5, 5.41) is 6.01. The van der Waals surface area contributed by atoms with E-state index in [1.807, 2.05) is 42.0 Å². The van der Waals surface area contributed by atoms with Crippen molar-refractivity contribution in [3.05, 3.63) is 53.4 Å². The maximum atomic E-state index is 16.5. The molecule has 3 aliphatic rings. The second kappa shape index (κ2) is 10.5. The Morgan fingerprint density at radius 3 is 2.93 bits per heavy atom. The lowest BCUT2D eigenvalue weighted by Crippen LogP contribution is -2.43. The summed E-state index contributed by atoms with van der Waals surface area (Å²) in [6.45, 7) is 3.37. The summed E-state index contributed by atoms with van der Waals surface area (Å²) in [6, 6.07) is 11.3. The fourth-order valence-corrected chi connectivity index (χ4v) is 7.16. The van der Waals surface area contributed by atoms with Crippen LogP contribution in [0.1, 0.15) is 25.7 Å². The lowest BCUT2D eigenvalue weighted by molar-refractivity contribution is -0.405. The van der Waals surface area contributed by atoms with Crippen molar-refractivity contribution >= 4 is 45.3 Å². The standard InChI is InChI=1S/C31H32ClF2N6O/c1-39(16-19-9-11-35-14-19)29-23-15-36-27(22-7-2-5-20-6-3-8-24(32)25(20)22)26(34)28(23)37-30(38-29)41-18-31-10-4-12-40(31)17-21(33)13-31/h2-3,5-8,15-16,19,21,35H,4,9-14,17-18H2,1H3/q+1/b39-16+/t19?,21-,31+/m1/s1. The molecule has 7 nitrogen and oxygen atoms in total. The molecule has 2 aromatic heterocycles. The van der Waals surface area contributed by atoms with Gasteiger partial charge in [0.2, 0.25) is 0 Å². The average Bonchev–Trinajstić information content (AvgIpc) is 3.68. The Kier molecular flexibility index (Phi) is 6.84. The monoisotopic (exact) mass is 577 g/mol. The van der Waals surface area contributed by atoms with Gasteiger partial charge in [0.15, 0.2) is 5.82 Å². The van der Waals surface area contributed by atoms with Gasteiger partial charge in [-0.3, -0.25) is 9.88 Å². The predicted molar refractivity (Wildman–Crippen MR) is 157 cm³/mol. The predicted octanol–water partition coefficient (Wildman–Crippen LogP) is 5.55. The third-order valence-corrected chi connectivity index (χ3v) is 9.17. The first kappa shape index (κ1) is 26.6. The van der Waals surface area contributed by atoms with E-state index in [-0.39, 0.29) is 29.4 Å². The number of halogens is 3. The van der Waals surface area contributed by atoms with Crippen molar-refractivity contribution in [1.29, 1.82) is 0 Å². The molecule has 0 radical (unpaired) electrons. The molecule has 212 valence electrons. The molecule has 0 bridgehead atoms. The zero-order valence-electron chi connectivity index (χ0n) is 22.9. The molecule has 5 heterocycles. The Hall–Kier alpha value is -3.27. The molecule has 1 N–H and O–H groups in total. The largest absolute Gasteiger partial charge is 0.443 e. The Bertz CT molecular complexity index is 1670. The molecule has 41 heavy (non-hydrogen) atoms. The molecule has 0 spiro atoms. The summed E-state index contributed by atoms with van der Waals surface area (Å²) in [5.74, 6) is 0.279. The third kappa shape index (κ3) is 4.73. The van der Waals surface area contributed by atoms with E-state index in [9.17, 15) is 4.39 Å². The van der Waals surface area contributed by atoms with Crippen molar-refractivity contribution in [3.63, 3.8) is 0 Å². The molecule has 10 heteroatoms. The van der Waals surface area contributed by atoms with Crippen LogP contribution in [0.25, 0.3) is 32.9 Å². The summed E-state index contributed by atoms with van der Waals surface area (Å²) in [7, 11) is 1.90. The van der Waals surface area contributed by atoms with Crippen molar-refractivity contribution in [2.24, 2.45) is 5.92 Å².